The number of H-pyrrole nitrogens is 1. The van der Waals surface area contributed by atoms with Crippen molar-refractivity contribution >= 4 is 51.5 Å². The van der Waals surface area contributed by atoms with Crippen molar-refractivity contribution in [2.24, 2.45) is 0 Å². The molecular weight excluding hydrogens is 491 g/mol. The highest BCUT2D eigenvalue weighted by Crippen LogP contribution is 2.42. The lowest BCUT2D eigenvalue weighted by atomic mass is 9.96. The number of aromatic amines is 1. The molecule has 1 aliphatic heterocycles. The Bertz CT molecular complexity index is 1420. The summed E-state index contributed by atoms with van der Waals surface area (Å²) in [7, 11) is 1.67. The van der Waals surface area contributed by atoms with Crippen molar-refractivity contribution in [3.05, 3.63) is 68.5 Å². The Hall–Kier alpha value is -2.45. The van der Waals surface area contributed by atoms with Crippen molar-refractivity contribution < 1.29 is 9.53 Å². The molecule has 1 unspecified atom stereocenters. The number of nitrogens with one attached hydrogen (secondary N) is 1. The number of carbonyl (C=O) groups is 1. The van der Waals surface area contributed by atoms with Gasteiger partial charge in [0.2, 0.25) is 0 Å². The van der Waals surface area contributed by atoms with Gasteiger partial charge in [-0.2, -0.15) is 0 Å². The summed E-state index contributed by atoms with van der Waals surface area (Å²) in [6.45, 7) is 6.32. The Morgan fingerprint density at radius 1 is 1.24 bits per heavy atom. The van der Waals surface area contributed by atoms with E-state index >= 15 is 0 Å². The van der Waals surface area contributed by atoms with Crippen molar-refractivity contribution in [2.75, 3.05) is 13.7 Å². The summed E-state index contributed by atoms with van der Waals surface area (Å²) in [5.74, 6) is 0.550. The Kier molecular flexibility index (Phi) is 5.92. The number of rotatable bonds is 4. The Morgan fingerprint density at radius 3 is 2.76 bits per heavy atom. The van der Waals surface area contributed by atoms with Gasteiger partial charge in [0.25, 0.3) is 5.91 Å². The predicted octanol–water partition coefficient (Wildman–Crippen LogP) is 6.39. The molecule has 9 heteroatoms. The highest BCUT2D eigenvalue weighted by molar-refractivity contribution is 7.15. The maximum Gasteiger partial charge on any atom is 0.274 e. The number of halogens is 2. The molecule has 2 atom stereocenters. The van der Waals surface area contributed by atoms with Crippen LogP contribution in [-0.4, -0.2) is 45.5 Å². The molecule has 34 heavy (non-hydrogen) atoms. The third kappa shape index (κ3) is 3.81. The van der Waals surface area contributed by atoms with Crippen LogP contribution in [0.4, 0.5) is 0 Å². The third-order valence-electron chi connectivity index (χ3n) is 6.56. The van der Waals surface area contributed by atoms with Crippen LogP contribution >= 0.6 is 34.5 Å². The second-order valence-electron chi connectivity index (χ2n) is 8.83. The van der Waals surface area contributed by atoms with E-state index in [0.717, 1.165) is 32.0 Å². The van der Waals surface area contributed by atoms with Gasteiger partial charge in [0.15, 0.2) is 0 Å². The van der Waals surface area contributed by atoms with Crippen LogP contribution in [0.15, 0.2) is 36.4 Å². The zero-order valence-corrected chi connectivity index (χ0v) is 21.6. The van der Waals surface area contributed by atoms with Crippen LogP contribution in [0.5, 0.6) is 0 Å². The number of nitrogens with zero attached hydrogens (tertiary/aromatic N) is 3. The van der Waals surface area contributed by atoms with E-state index < -0.39 is 5.54 Å². The molecule has 1 aliphatic rings. The molecular formula is C25H24Cl2N4O2S. The van der Waals surface area contributed by atoms with Crippen molar-refractivity contribution in [3.63, 3.8) is 0 Å². The summed E-state index contributed by atoms with van der Waals surface area (Å²) < 4.78 is 5.71. The van der Waals surface area contributed by atoms with Crippen LogP contribution in [0, 0.1) is 13.8 Å². The molecule has 0 bridgehead atoms. The number of thiazole rings is 1. The molecule has 0 spiro atoms. The molecule has 0 aliphatic carbocycles. The number of imidazole rings is 1. The highest BCUT2D eigenvalue weighted by Gasteiger charge is 2.49. The molecule has 6 nitrogen and oxygen atoms in total. The van der Waals surface area contributed by atoms with Gasteiger partial charge in [-0.25, -0.2) is 9.97 Å². The second-order valence-corrected chi connectivity index (χ2v) is 10.9. The zero-order valence-electron chi connectivity index (χ0n) is 19.3. The summed E-state index contributed by atoms with van der Waals surface area (Å²) >= 11 is 14.1. The normalized spacial score (nSPS) is 20.4. The monoisotopic (exact) mass is 514 g/mol. The highest BCUT2D eigenvalue weighted by atomic mass is 35.5. The Morgan fingerprint density at radius 2 is 2.03 bits per heavy atom. The molecule has 1 amide bonds. The quantitative estimate of drug-likeness (QED) is 0.342. The average molecular weight is 515 g/mol. The standard InChI is InChI=1S/C25H24Cl2N4O2S/c1-13-18(27)8-9-19-20(13)30-24(29-19)25(3)11-17(33-4)12-31(25)23(32)21-22(34-14(2)28-21)15-6-5-7-16(26)10-15/h5-10,17H,11-12H2,1-4H3,(H,29,30)/t17-,25?/m1/s1. The van der Waals surface area contributed by atoms with Gasteiger partial charge in [-0.1, -0.05) is 35.3 Å². The van der Waals surface area contributed by atoms with Gasteiger partial charge in [-0.05, 0) is 56.2 Å². The number of aromatic nitrogens is 3. The van der Waals surface area contributed by atoms with Crippen LogP contribution < -0.4 is 0 Å². The molecule has 1 saturated heterocycles. The lowest BCUT2D eigenvalue weighted by molar-refractivity contribution is 0.0586. The molecule has 4 aromatic rings. The number of methoxy groups -OCH3 is 1. The van der Waals surface area contributed by atoms with Gasteiger partial charge >= 0.3 is 0 Å². The molecule has 0 saturated carbocycles. The number of fused-ring (bicyclic) bond motifs is 1. The number of benzene rings is 2. The lowest BCUT2D eigenvalue weighted by Crippen LogP contribution is -2.44. The maximum absolute atomic E-state index is 14.0. The average Bonchev–Trinajstić information content (AvgIpc) is 3.51. The fourth-order valence-corrected chi connectivity index (χ4v) is 5.93. The molecule has 176 valence electrons. The second kappa shape index (κ2) is 8.64. The number of amides is 1. The van der Waals surface area contributed by atoms with E-state index in [9.17, 15) is 4.79 Å². The minimum atomic E-state index is -0.710. The summed E-state index contributed by atoms with van der Waals surface area (Å²) in [5.41, 5.74) is 3.18. The Labute approximate surface area is 211 Å². The van der Waals surface area contributed by atoms with Crippen molar-refractivity contribution in [1.82, 2.24) is 19.9 Å². The van der Waals surface area contributed by atoms with Gasteiger partial charge in [0.05, 0.1) is 27.0 Å². The van der Waals surface area contributed by atoms with E-state index in [2.05, 4.69) is 9.97 Å². The van der Waals surface area contributed by atoms with Crippen LogP contribution in [0.2, 0.25) is 10.0 Å². The molecule has 3 heterocycles. The first-order valence-corrected chi connectivity index (χ1v) is 12.5. The fourth-order valence-electron chi connectivity index (χ4n) is 4.68. The van der Waals surface area contributed by atoms with E-state index in [1.165, 1.54) is 11.3 Å². The molecule has 0 radical (unpaired) electrons. The third-order valence-corrected chi connectivity index (χ3v) is 8.23. The van der Waals surface area contributed by atoms with Crippen molar-refractivity contribution in [2.45, 2.75) is 38.8 Å². The van der Waals surface area contributed by atoms with Gasteiger partial charge in [-0.15, -0.1) is 11.3 Å². The molecule has 2 aromatic carbocycles. The smallest absolute Gasteiger partial charge is 0.274 e. The van der Waals surface area contributed by atoms with Gasteiger partial charge in [-0.3, -0.25) is 4.79 Å². The fraction of sp³-hybridized carbons (Fsp3) is 0.320. The summed E-state index contributed by atoms with van der Waals surface area (Å²) in [5, 5.41) is 2.09. The summed E-state index contributed by atoms with van der Waals surface area (Å²) in [4.78, 5) is 29.6. The number of likely N-dealkylation sites (tertiary alicyclic amines) is 1. The number of hydrogen-bond acceptors (Lipinski definition) is 5. The van der Waals surface area contributed by atoms with Crippen LogP contribution in [0.3, 0.4) is 0 Å². The molecule has 5 rings (SSSR count). The number of carbonyl (C=O) groups excluding carboxylic acids is 1. The van der Waals surface area contributed by atoms with Crippen molar-refractivity contribution in [1.29, 1.82) is 0 Å². The van der Waals surface area contributed by atoms with E-state index in [0.29, 0.717) is 34.5 Å². The Balaban J connectivity index is 1.60. The molecule has 1 fully saturated rings. The number of hydrogen-bond donors (Lipinski definition) is 1. The van der Waals surface area contributed by atoms with E-state index in [1.807, 2.05) is 62.1 Å². The molecule has 2 aromatic heterocycles. The zero-order chi connectivity index (χ0) is 24.2. The first kappa shape index (κ1) is 23.3. The SMILES string of the molecule is CO[C@H]1CN(C(=O)c2nc(C)sc2-c2cccc(Cl)c2)C(C)(c2nc3c(C)c(Cl)ccc3[nH]2)C1. The van der Waals surface area contributed by atoms with Gasteiger partial charge in [0, 0.05) is 30.1 Å². The van der Waals surface area contributed by atoms with E-state index in [4.69, 9.17) is 32.9 Å². The minimum absolute atomic E-state index is 0.124. The van der Waals surface area contributed by atoms with E-state index in [1.54, 1.807) is 7.11 Å². The van der Waals surface area contributed by atoms with Crippen molar-refractivity contribution in [3.8, 4) is 10.4 Å². The number of ether oxygens (including phenoxy) is 1. The first-order chi connectivity index (χ1) is 16.2. The minimum Gasteiger partial charge on any atom is -0.380 e. The van der Waals surface area contributed by atoms with Gasteiger partial charge < -0.3 is 14.6 Å². The van der Waals surface area contributed by atoms with E-state index in [-0.39, 0.29) is 12.0 Å². The summed E-state index contributed by atoms with van der Waals surface area (Å²) in [6.07, 6.45) is 0.485. The van der Waals surface area contributed by atoms with Gasteiger partial charge in [0.1, 0.15) is 17.1 Å². The van der Waals surface area contributed by atoms with Crippen LogP contribution in [0.25, 0.3) is 21.5 Å². The molecule has 1 N–H and O–H groups in total. The number of aryl methyl sites for hydroxylation is 2. The van der Waals surface area contributed by atoms with Crippen LogP contribution in [0.1, 0.15) is 40.2 Å². The lowest BCUT2D eigenvalue weighted by Gasteiger charge is -2.33. The van der Waals surface area contributed by atoms with Crippen LogP contribution in [-0.2, 0) is 10.3 Å². The summed E-state index contributed by atoms with van der Waals surface area (Å²) in [6, 6.07) is 11.3. The predicted molar refractivity (Wildman–Crippen MR) is 137 cm³/mol. The topological polar surface area (TPSA) is 71.1 Å². The maximum atomic E-state index is 14.0. The largest absolute Gasteiger partial charge is 0.380 e. The first-order valence-electron chi connectivity index (χ1n) is 10.9.